The Balaban J connectivity index is 2.69. The quantitative estimate of drug-likeness (QED) is 0.805. The van der Waals surface area contributed by atoms with E-state index in [2.05, 4.69) is 19.2 Å². The number of rotatable bonds is 6. The molecule has 0 radical (unpaired) electrons. The maximum absolute atomic E-state index is 13.6. The third-order valence-corrected chi connectivity index (χ3v) is 2.86. The van der Waals surface area contributed by atoms with Crippen LogP contribution < -0.4 is 5.32 Å². The van der Waals surface area contributed by atoms with Crippen molar-refractivity contribution in [3.05, 3.63) is 29.6 Å². The van der Waals surface area contributed by atoms with Crippen molar-refractivity contribution in [3.63, 3.8) is 0 Å². The van der Waals surface area contributed by atoms with Crippen molar-refractivity contribution in [1.29, 1.82) is 5.26 Å². The van der Waals surface area contributed by atoms with Gasteiger partial charge in [-0.1, -0.05) is 26.7 Å². The summed E-state index contributed by atoms with van der Waals surface area (Å²) in [7, 11) is 0. The van der Waals surface area contributed by atoms with Gasteiger partial charge in [0, 0.05) is 6.04 Å². The van der Waals surface area contributed by atoms with E-state index in [4.69, 9.17) is 5.26 Å². The molecule has 1 N–H and O–H groups in total. The molecule has 3 heteroatoms. The van der Waals surface area contributed by atoms with Gasteiger partial charge in [0.15, 0.2) is 0 Å². The normalized spacial score (nSPS) is 11.9. The van der Waals surface area contributed by atoms with Crippen molar-refractivity contribution in [2.75, 3.05) is 5.32 Å². The molecule has 92 valence electrons. The Kier molecular flexibility index (Phi) is 5.48. The second kappa shape index (κ2) is 6.90. The summed E-state index contributed by atoms with van der Waals surface area (Å²) in [4.78, 5) is 0. The number of hydrogen-bond donors (Lipinski definition) is 1. The lowest BCUT2D eigenvalue weighted by atomic mass is 10.1. The van der Waals surface area contributed by atoms with Crippen molar-refractivity contribution in [1.82, 2.24) is 0 Å². The minimum absolute atomic E-state index is 0.303. The molecule has 1 aromatic rings. The molecule has 2 nitrogen and oxygen atoms in total. The van der Waals surface area contributed by atoms with Gasteiger partial charge in [-0.05, 0) is 31.0 Å². The predicted octanol–water partition coefficient (Wildman–Crippen LogP) is 4.08. The summed E-state index contributed by atoms with van der Waals surface area (Å²) in [5, 5.41) is 11.9. The van der Waals surface area contributed by atoms with E-state index in [-0.39, 0.29) is 5.82 Å². The smallest absolute Gasteiger partial charge is 0.147 e. The molecule has 1 unspecified atom stereocenters. The van der Waals surface area contributed by atoms with Gasteiger partial charge in [-0.15, -0.1) is 0 Å². The molecule has 0 spiro atoms. The first-order valence-corrected chi connectivity index (χ1v) is 6.17. The fraction of sp³-hybridized carbons (Fsp3) is 0.500. The molecule has 0 aliphatic rings. The molecule has 1 atom stereocenters. The third-order valence-electron chi connectivity index (χ3n) is 2.86. The van der Waals surface area contributed by atoms with Crippen molar-refractivity contribution in [2.45, 2.75) is 45.6 Å². The van der Waals surface area contributed by atoms with Crippen molar-refractivity contribution >= 4 is 5.69 Å². The minimum atomic E-state index is -0.348. The van der Waals surface area contributed by atoms with Crippen LogP contribution in [0.1, 0.15) is 45.1 Å². The molecule has 0 aromatic heterocycles. The highest BCUT2D eigenvalue weighted by Crippen LogP contribution is 2.18. The summed E-state index contributed by atoms with van der Waals surface area (Å²) < 4.78 is 13.6. The highest BCUT2D eigenvalue weighted by atomic mass is 19.1. The van der Waals surface area contributed by atoms with E-state index in [1.54, 1.807) is 12.1 Å². The molecule has 0 fully saturated rings. The second-order valence-corrected chi connectivity index (χ2v) is 4.20. The number of halogens is 1. The fourth-order valence-corrected chi connectivity index (χ4v) is 1.75. The van der Waals surface area contributed by atoms with Crippen LogP contribution in [-0.4, -0.2) is 6.04 Å². The first-order chi connectivity index (χ1) is 8.21. The molecule has 0 saturated heterocycles. The Hall–Kier alpha value is -1.56. The van der Waals surface area contributed by atoms with Gasteiger partial charge in [0.1, 0.15) is 5.82 Å². The summed E-state index contributed by atoms with van der Waals surface area (Å²) in [5.74, 6) is -0.348. The van der Waals surface area contributed by atoms with Gasteiger partial charge in [-0.3, -0.25) is 0 Å². The summed E-state index contributed by atoms with van der Waals surface area (Å²) in [6.07, 6.45) is 4.31. The van der Waals surface area contributed by atoms with Crippen LogP contribution in [0, 0.1) is 17.1 Å². The van der Waals surface area contributed by atoms with E-state index in [9.17, 15) is 4.39 Å². The van der Waals surface area contributed by atoms with Gasteiger partial charge in [-0.25, -0.2) is 4.39 Å². The van der Waals surface area contributed by atoms with Gasteiger partial charge in [0.05, 0.1) is 17.3 Å². The molecule has 0 aliphatic heterocycles. The number of nitrogens with zero attached hydrogens (tertiary/aromatic N) is 1. The molecule has 0 saturated carbocycles. The molecular weight excluding hydrogens is 215 g/mol. The molecular formula is C14H19FN2. The van der Waals surface area contributed by atoms with Crippen LogP contribution in [0.25, 0.3) is 0 Å². The van der Waals surface area contributed by atoms with Gasteiger partial charge in [-0.2, -0.15) is 5.26 Å². The van der Waals surface area contributed by atoms with Crippen molar-refractivity contribution in [2.24, 2.45) is 0 Å². The van der Waals surface area contributed by atoms with E-state index in [0.29, 0.717) is 17.3 Å². The van der Waals surface area contributed by atoms with Crippen LogP contribution in [0.5, 0.6) is 0 Å². The molecule has 0 bridgehead atoms. The van der Waals surface area contributed by atoms with Gasteiger partial charge in [0.2, 0.25) is 0 Å². The molecule has 1 aromatic carbocycles. The number of benzene rings is 1. The molecule has 0 aliphatic carbocycles. The molecule has 1 rings (SSSR count). The molecule has 0 heterocycles. The predicted molar refractivity (Wildman–Crippen MR) is 68.3 cm³/mol. The Labute approximate surface area is 102 Å². The van der Waals surface area contributed by atoms with Crippen LogP contribution in [0.3, 0.4) is 0 Å². The Bertz CT molecular complexity index is 396. The lowest BCUT2D eigenvalue weighted by Crippen LogP contribution is -2.19. The fourth-order valence-electron chi connectivity index (χ4n) is 1.75. The number of nitrogens with one attached hydrogen (secondary N) is 1. The van der Waals surface area contributed by atoms with Crippen LogP contribution in [0.4, 0.5) is 10.1 Å². The van der Waals surface area contributed by atoms with Gasteiger partial charge in [0.25, 0.3) is 0 Å². The highest BCUT2D eigenvalue weighted by Gasteiger charge is 2.09. The average Bonchev–Trinajstić information content (AvgIpc) is 2.36. The minimum Gasteiger partial charge on any atom is -0.380 e. The Morgan fingerprint density at radius 3 is 2.71 bits per heavy atom. The summed E-state index contributed by atoms with van der Waals surface area (Å²) in [6.45, 7) is 4.24. The van der Waals surface area contributed by atoms with Crippen LogP contribution in [-0.2, 0) is 0 Å². The zero-order chi connectivity index (χ0) is 12.7. The average molecular weight is 234 g/mol. The number of nitriles is 1. The lowest BCUT2D eigenvalue weighted by molar-refractivity contribution is 0.581. The van der Waals surface area contributed by atoms with Gasteiger partial charge < -0.3 is 5.32 Å². The SMILES string of the molecule is CCCCC(CC)Nc1ccc(C#N)cc1F. The second-order valence-electron chi connectivity index (χ2n) is 4.20. The van der Waals surface area contributed by atoms with E-state index >= 15 is 0 Å². The maximum atomic E-state index is 13.6. The topological polar surface area (TPSA) is 35.8 Å². The summed E-state index contributed by atoms with van der Waals surface area (Å²) in [5.41, 5.74) is 0.849. The largest absolute Gasteiger partial charge is 0.380 e. The van der Waals surface area contributed by atoms with E-state index in [1.807, 2.05) is 6.07 Å². The summed E-state index contributed by atoms with van der Waals surface area (Å²) >= 11 is 0. The third kappa shape index (κ3) is 4.07. The standard InChI is InChI=1S/C14H19FN2/c1-3-5-6-12(4-2)17-14-8-7-11(10-16)9-13(14)15/h7-9,12,17H,3-6H2,1-2H3. The number of anilines is 1. The van der Waals surface area contributed by atoms with Gasteiger partial charge >= 0.3 is 0 Å². The Morgan fingerprint density at radius 1 is 1.41 bits per heavy atom. The monoisotopic (exact) mass is 234 g/mol. The first kappa shape index (κ1) is 13.5. The van der Waals surface area contributed by atoms with E-state index in [1.165, 1.54) is 6.07 Å². The summed E-state index contributed by atoms with van der Waals surface area (Å²) in [6, 6.07) is 6.78. The highest BCUT2D eigenvalue weighted by molar-refractivity contribution is 5.49. The van der Waals surface area contributed by atoms with E-state index in [0.717, 1.165) is 25.7 Å². The van der Waals surface area contributed by atoms with Crippen molar-refractivity contribution < 1.29 is 4.39 Å². The van der Waals surface area contributed by atoms with Crippen LogP contribution >= 0.6 is 0 Å². The molecule has 0 amide bonds. The number of unbranched alkanes of at least 4 members (excludes halogenated alkanes) is 1. The maximum Gasteiger partial charge on any atom is 0.147 e. The Morgan fingerprint density at radius 2 is 2.18 bits per heavy atom. The number of hydrogen-bond acceptors (Lipinski definition) is 2. The lowest BCUT2D eigenvalue weighted by Gasteiger charge is -2.18. The van der Waals surface area contributed by atoms with Crippen molar-refractivity contribution in [3.8, 4) is 6.07 Å². The van der Waals surface area contributed by atoms with E-state index < -0.39 is 0 Å². The van der Waals surface area contributed by atoms with Crippen LogP contribution in [0.2, 0.25) is 0 Å². The van der Waals surface area contributed by atoms with Crippen LogP contribution in [0.15, 0.2) is 18.2 Å². The zero-order valence-electron chi connectivity index (χ0n) is 10.5. The first-order valence-electron chi connectivity index (χ1n) is 6.17. The molecule has 17 heavy (non-hydrogen) atoms. The zero-order valence-corrected chi connectivity index (χ0v) is 10.5.